The highest BCUT2D eigenvalue weighted by Crippen LogP contribution is 1.86. The Hall–Kier alpha value is -0.850. The Morgan fingerprint density at radius 1 is 0.933 bits per heavy atom. The second-order valence-corrected chi connectivity index (χ2v) is 2.89. The minimum Gasteiger partial charge on any atom is -0.450 e. The van der Waals surface area contributed by atoms with Gasteiger partial charge in [-0.1, -0.05) is 0 Å². The van der Waals surface area contributed by atoms with E-state index in [1.807, 2.05) is 0 Å². The van der Waals surface area contributed by atoms with Gasteiger partial charge in [0.15, 0.2) is 0 Å². The first-order valence-electron chi connectivity index (χ1n) is 5.05. The lowest BCUT2D eigenvalue weighted by Gasteiger charge is -2.05. The Balaban J connectivity index is 2.89. The molecule has 1 amide bonds. The lowest BCUT2D eigenvalue weighted by Crippen LogP contribution is -2.15. The molecule has 0 aliphatic rings. The zero-order valence-corrected chi connectivity index (χ0v) is 8.94. The third kappa shape index (κ3) is 13.2. The first kappa shape index (κ1) is 14.2. The second kappa shape index (κ2) is 11.2. The van der Waals surface area contributed by atoms with Crippen LogP contribution in [0.25, 0.3) is 0 Å². The van der Waals surface area contributed by atoms with Crippen molar-refractivity contribution in [3.05, 3.63) is 0 Å². The third-order valence-corrected chi connectivity index (χ3v) is 1.54. The van der Waals surface area contributed by atoms with Crippen molar-refractivity contribution in [3.63, 3.8) is 0 Å². The molecular weight excluding hydrogens is 200 g/mol. The van der Waals surface area contributed by atoms with E-state index in [9.17, 15) is 4.79 Å². The molecule has 0 aromatic heterocycles. The number of rotatable bonds is 10. The fraction of sp³-hybridized carbons (Fsp3) is 0.889. The number of hydrogen-bond acceptors (Lipinski definition) is 5. The summed E-state index contributed by atoms with van der Waals surface area (Å²) in [6.45, 7) is 3.25. The number of ether oxygens (including phenoxy) is 3. The summed E-state index contributed by atoms with van der Waals surface area (Å²) in [4.78, 5) is 10.2. The fourth-order valence-corrected chi connectivity index (χ4v) is 0.841. The van der Waals surface area contributed by atoms with Crippen LogP contribution in [0.1, 0.15) is 12.8 Å². The van der Waals surface area contributed by atoms with Gasteiger partial charge in [0.2, 0.25) is 0 Å². The molecule has 0 rings (SSSR count). The first-order valence-corrected chi connectivity index (χ1v) is 5.05. The smallest absolute Gasteiger partial charge is 0.404 e. The monoisotopic (exact) mass is 220 g/mol. The van der Waals surface area contributed by atoms with Crippen LogP contribution in [-0.2, 0) is 14.2 Å². The van der Waals surface area contributed by atoms with E-state index >= 15 is 0 Å². The molecule has 15 heavy (non-hydrogen) atoms. The SMILES string of the molecule is NCCCOCCOCCCOC(N)=O. The van der Waals surface area contributed by atoms with Gasteiger partial charge in [0.1, 0.15) is 0 Å². The average Bonchev–Trinajstić information content (AvgIpc) is 2.20. The van der Waals surface area contributed by atoms with E-state index in [-0.39, 0.29) is 0 Å². The summed E-state index contributed by atoms with van der Waals surface area (Å²) in [5.74, 6) is 0. The molecule has 0 atom stereocenters. The predicted molar refractivity (Wildman–Crippen MR) is 55.5 cm³/mol. The third-order valence-electron chi connectivity index (χ3n) is 1.54. The van der Waals surface area contributed by atoms with Gasteiger partial charge in [0.25, 0.3) is 0 Å². The highest BCUT2D eigenvalue weighted by atomic mass is 16.5. The van der Waals surface area contributed by atoms with Crippen LogP contribution in [0.3, 0.4) is 0 Å². The van der Waals surface area contributed by atoms with Gasteiger partial charge in [-0.3, -0.25) is 0 Å². The normalized spacial score (nSPS) is 10.2. The summed E-state index contributed by atoms with van der Waals surface area (Å²) >= 11 is 0. The van der Waals surface area contributed by atoms with Crippen LogP contribution in [0.2, 0.25) is 0 Å². The molecule has 6 heteroatoms. The molecule has 0 saturated heterocycles. The molecule has 6 nitrogen and oxygen atoms in total. The van der Waals surface area contributed by atoms with Crippen molar-refractivity contribution in [2.24, 2.45) is 11.5 Å². The largest absolute Gasteiger partial charge is 0.450 e. The maximum Gasteiger partial charge on any atom is 0.404 e. The lowest BCUT2D eigenvalue weighted by molar-refractivity contribution is 0.0410. The molecule has 0 unspecified atom stereocenters. The Morgan fingerprint density at radius 3 is 2.07 bits per heavy atom. The van der Waals surface area contributed by atoms with Crippen LogP contribution < -0.4 is 11.5 Å². The van der Waals surface area contributed by atoms with Crippen LogP contribution in [0, 0.1) is 0 Å². The van der Waals surface area contributed by atoms with Gasteiger partial charge in [0, 0.05) is 19.6 Å². The van der Waals surface area contributed by atoms with Crippen LogP contribution in [0.5, 0.6) is 0 Å². The van der Waals surface area contributed by atoms with Crippen molar-refractivity contribution in [2.45, 2.75) is 12.8 Å². The number of carbonyl (C=O) groups excluding carboxylic acids is 1. The van der Waals surface area contributed by atoms with E-state index in [1.54, 1.807) is 0 Å². The molecule has 0 fully saturated rings. The van der Waals surface area contributed by atoms with E-state index in [0.29, 0.717) is 46.0 Å². The highest BCUT2D eigenvalue weighted by Gasteiger charge is 1.94. The van der Waals surface area contributed by atoms with Crippen molar-refractivity contribution < 1.29 is 19.0 Å². The molecule has 4 N–H and O–H groups in total. The Bertz CT molecular complexity index is 155. The quantitative estimate of drug-likeness (QED) is 0.499. The number of hydrogen-bond donors (Lipinski definition) is 2. The summed E-state index contributed by atoms with van der Waals surface area (Å²) in [6, 6.07) is 0. The minimum absolute atomic E-state index is 0.295. The molecule has 0 saturated carbocycles. The minimum atomic E-state index is -0.750. The van der Waals surface area contributed by atoms with Gasteiger partial charge in [0.05, 0.1) is 19.8 Å². The molecule has 0 aromatic rings. The maximum atomic E-state index is 10.2. The molecular formula is C9H20N2O4. The van der Waals surface area contributed by atoms with Gasteiger partial charge >= 0.3 is 6.09 Å². The lowest BCUT2D eigenvalue weighted by atomic mass is 10.5. The topological polar surface area (TPSA) is 96.8 Å². The Morgan fingerprint density at radius 2 is 1.53 bits per heavy atom. The summed E-state index contributed by atoms with van der Waals surface area (Å²) in [7, 11) is 0. The molecule has 0 aliphatic heterocycles. The predicted octanol–water partition coefficient (Wildman–Crippen LogP) is -0.146. The molecule has 90 valence electrons. The average molecular weight is 220 g/mol. The summed E-state index contributed by atoms with van der Waals surface area (Å²) in [5.41, 5.74) is 10.1. The number of primary amides is 1. The van der Waals surface area contributed by atoms with E-state index in [1.165, 1.54) is 0 Å². The van der Waals surface area contributed by atoms with Crippen molar-refractivity contribution in [1.29, 1.82) is 0 Å². The van der Waals surface area contributed by atoms with Gasteiger partial charge < -0.3 is 25.7 Å². The van der Waals surface area contributed by atoms with E-state index in [2.05, 4.69) is 4.74 Å². The zero-order chi connectivity index (χ0) is 11.4. The first-order chi connectivity index (χ1) is 7.27. The molecule has 0 radical (unpaired) electrons. The summed E-state index contributed by atoms with van der Waals surface area (Å²) in [5, 5.41) is 0. The van der Waals surface area contributed by atoms with Crippen LogP contribution >= 0.6 is 0 Å². The van der Waals surface area contributed by atoms with Crippen LogP contribution in [-0.4, -0.2) is 45.7 Å². The van der Waals surface area contributed by atoms with Crippen molar-refractivity contribution in [1.82, 2.24) is 0 Å². The number of amides is 1. The number of nitrogens with two attached hydrogens (primary N) is 2. The van der Waals surface area contributed by atoms with Crippen LogP contribution in [0.15, 0.2) is 0 Å². The zero-order valence-electron chi connectivity index (χ0n) is 8.94. The molecule has 0 spiro atoms. The Labute approximate surface area is 89.8 Å². The summed E-state index contributed by atoms with van der Waals surface area (Å²) < 4.78 is 14.9. The number of carbonyl (C=O) groups is 1. The molecule has 0 aliphatic carbocycles. The van der Waals surface area contributed by atoms with Crippen molar-refractivity contribution >= 4 is 6.09 Å². The highest BCUT2D eigenvalue weighted by molar-refractivity contribution is 5.64. The van der Waals surface area contributed by atoms with E-state index in [0.717, 1.165) is 6.42 Å². The van der Waals surface area contributed by atoms with Gasteiger partial charge in [-0.2, -0.15) is 0 Å². The van der Waals surface area contributed by atoms with Crippen molar-refractivity contribution in [3.8, 4) is 0 Å². The summed E-state index contributed by atoms with van der Waals surface area (Å²) in [6.07, 6.45) is 0.762. The van der Waals surface area contributed by atoms with E-state index in [4.69, 9.17) is 20.9 Å². The fourth-order valence-electron chi connectivity index (χ4n) is 0.841. The molecule has 0 aromatic carbocycles. The Kier molecular flexibility index (Phi) is 10.6. The van der Waals surface area contributed by atoms with Crippen LogP contribution in [0.4, 0.5) is 4.79 Å². The van der Waals surface area contributed by atoms with Gasteiger partial charge in [-0.15, -0.1) is 0 Å². The molecule has 0 bridgehead atoms. The van der Waals surface area contributed by atoms with Gasteiger partial charge in [-0.05, 0) is 13.0 Å². The maximum absolute atomic E-state index is 10.2. The standard InChI is InChI=1S/C9H20N2O4/c10-3-1-4-13-7-8-14-5-2-6-15-9(11)12/h1-8,10H2,(H2,11,12). The molecule has 0 heterocycles. The second-order valence-electron chi connectivity index (χ2n) is 2.89. The van der Waals surface area contributed by atoms with Gasteiger partial charge in [-0.25, -0.2) is 4.79 Å². The van der Waals surface area contributed by atoms with E-state index < -0.39 is 6.09 Å². The van der Waals surface area contributed by atoms with Crippen molar-refractivity contribution in [2.75, 3.05) is 39.6 Å².